The van der Waals surface area contributed by atoms with Gasteiger partial charge in [-0.25, -0.2) is 9.97 Å². The van der Waals surface area contributed by atoms with Crippen molar-refractivity contribution in [3.63, 3.8) is 0 Å². The van der Waals surface area contributed by atoms with E-state index >= 15 is 0 Å². The van der Waals surface area contributed by atoms with E-state index in [1.807, 2.05) is 18.4 Å². The van der Waals surface area contributed by atoms with Crippen LogP contribution < -0.4 is 0 Å². The van der Waals surface area contributed by atoms with Crippen molar-refractivity contribution in [1.82, 2.24) is 24.4 Å². The van der Waals surface area contributed by atoms with Gasteiger partial charge in [-0.1, -0.05) is 6.07 Å². The average molecular weight is 483 g/mol. The summed E-state index contributed by atoms with van der Waals surface area (Å²) in [5.74, 6) is -0.333. The lowest BCUT2D eigenvalue weighted by Gasteiger charge is -2.34. The fourth-order valence-electron chi connectivity index (χ4n) is 3.68. The number of fused-ring (bicyclic) bond motifs is 1. The molecule has 3 aromatic heterocycles. The molecule has 0 saturated heterocycles. The van der Waals surface area contributed by atoms with Gasteiger partial charge >= 0.3 is 11.1 Å². The lowest BCUT2D eigenvalue weighted by Crippen LogP contribution is -2.45. The number of hydrogen-bond acceptors (Lipinski definition) is 8. The van der Waals surface area contributed by atoms with Gasteiger partial charge in [0, 0.05) is 42.8 Å². The Morgan fingerprint density at radius 3 is 2.74 bits per heavy atom. The normalized spacial score (nSPS) is 15.7. The molecular weight excluding hydrogens is 460 g/mol. The van der Waals surface area contributed by atoms with Crippen molar-refractivity contribution in [2.45, 2.75) is 39.0 Å². The highest BCUT2D eigenvalue weighted by Gasteiger charge is 2.30. The zero-order valence-electron chi connectivity index (χ0n) is 17.1. The maximum absolute atomic E-state index is 10.9. The molecule has 9 nitrogen and oxygen atoms in total. The molecule has 0 radical (unpaired) electrons. The van der Waals surface area contributed by atoms with E-state index in [2.05, 4.69) is 20.9 Å². The molecule has 0 spiro atoms. The summed E-state index contributed by atoms with van der Waals surface area (Å²) in [6, 6.07) is 4.06. The SMILES string of the molecule is Cc1csc(-c2ccc3c(n2)CCN(C[C@](C)(O)Cn2cc([N+](=O)[O-])nc2Cl)C3)n1.S. The predicted octanol–water partition coefficient (Wildman–Crippen LogP) is 3.19. The maximum atomic E-state index is 10.9. The van der Waals surface area contributed by atoms with E-state index in [0.717, 1.165) is 40.6 Å². The Bertz CT molecular complexity index is 1100. The number of pyridine rings is 1. The third-order valence-corrected chi connectivity index (χ3v) is 6.23. The van der Waals surface area contributed by atoms with Crippen molar-refractivity contribution < 1.29 is 10.0 Å². The summed E-state index contributed by atoms with van der Waals surface area (Å²) in [5, 5.41) is 24.7. The van der Waals surface area contributed by atoms with Gasteiger partial charge in [0.2, 0.25) is 0 Å². The number of β-amino-alcohol motifs (C(OH)–C–C–N with tert-alkyl or cyclic N) is 1. The van der Waals surface area contributed by atoms with Gasteiger partial charge in [0.05, 0.1) is 17.8 Å². The van der Waals surface area contributed by atoms with Gasteiger partial charge in [0.1, 0.15) is 11.2 Å². The van der Waals surface area contributed by atoms with Crippen LogP contribution >= 0.6 is 36.4 Å². The monoisotopic (exact) mass is 482 g/mol. The van der Waals surface area contributed by atoms with E-state index in [4.69, 9.17) is 16.6 Å². The van der Waals surface area contributed by atoms with E-state index in [1.165, 1.54) is 10.8 Å². The molecule has 0 fully saturated rings. The second-order valence-corrected chi connectivity index (χ2v) is 9.00. The summed E-state index contributed by atoms with van der Waals surface area (Å²) >= 11 is 7.57. The highest BCUT2D eigenvalue weighted by molar-refractivity contribution is 7.59. The van der Waals surface area contributed by atoms with E-state index in [9.17, 15) is 15.2 Å². The second kappa shape index (κ2) is 9.21. The average Bonchev–Trinajstić information content (AvgIpc) is 3.27. The summed E-state index contributed by atoms with van der Waals surface area (Å²) in [4.78, 5) is 25.4. The van der Waals surface area contributed by atoms with Gasteiger partial charge in [0.25, 0.3) is 0 Å². The van der Waals surface area contributed by atoms with Crippen LogP contribution in [-0.4, -0.2) is 53.1 Å². The summed E-state index contributed by atoms with van der Waals surface area (Å²) in [7, 11) is 0. The van der Waals surface area contributed by atoms with Gasteiger partial charge in [-0.3, -0.25) is 9.47 Å². The van der Waals surface area contributed by atoms with Crippen LogP contribution in [0, 0.1) is 17.0 Å². The van der Waals surface area contributed by atoms with Gasteiger partial charge in [0.15, 0.2) is 0 Å². The first-order chi connectivity index (χ1) is 14.2. The molecule has 4 heterocycles. The summed E-state index contributed by atoms with van der Waals surface area (Å²) in [6.07, 6.45) is 2.02. The van der Waals surface area contributed by atoms with Crippen LogP contribution in [0.15, 0.2) is 23.7 Å². The highest BCUT2D eigenvalue weighted by Crippen LogP contribution is 2.27. The minimum absolute atomic E-state index is 0. The zero-order valence-corrected chi connectivity index (χ0v) is 19.7. The van der Waals surface area contributed by atoms with Gasteiger partial charge in [-0.2, -0.15) is 13.5 Å². The minimum atomic E-state index is -1.14. The number of imidazole rings is 1. The third kappa shape index (κ3) is 5.42. The lowest BCUT2D eigenvalue weighted by molar-refractivity contribution is -0.389. The molecule has 0 aliphatic carbocycles. The fourth-order valence-corrected chi connectivity index (χ4v) is 4.64. The van der Waals surface area contributed by atoms with E-state index in [1.54, 1.807) is 18.3 Å². The lowest BCUT2D eigenvalue weighted by atomic mass is 10.0. The quantitative estimate of drug-likeness (QED) is 0.424. The Kier molecular flexibility index (Phi) is 7.01. The fraction of sp³-hybridized carbons (Fsp3) is 0.421. The smallest absolute Gasteiger partial charge is 0.383 e. The number of nitrogens with zero attached hydrogens (tertiary/aromatic N) is 6. The Morgan fingerprint density at radius 1 is 1.32 bits per heavy atom. The van der Waals surface area contributed by atoms with Crippen LogP contribution in [0.3, 0.4) is 0 Å². The molecule has 3 aromatic rings. The molecule has 0 amide bonds. The molecule has 1 atom stereocenters. The zero-order chi connectivity index (χ0) is 21.5. The summed E-state index contributed by atoms with van der Waals surface area (Å²) < 4.78 is 1.40. The number of thiazole rings is 1. The molecule has 1 aliphatic rings. The van der Waals surface area contributed by atoms with Crippen molar-refractivity contribution in [2.75, 3.05) is 13.1 Å². The Hall–Kier alpha value is -2.05. The molecule has 4 rings (SSSR count). The molecule has 1 aliphatic heterocycles. The molecule has 0 saturated carbocycles. The molecular formula is C19H23ClN6O3S2. The van der Waals surface area contributed by atoms with Crippen molar-refractivity contribution in [3.8, 4) is 10.7 Å². The van der Waals surface area contributed by atoms with E-state index in [0.29, 0.717) is 13.1 Å². The van der Waals surface area contributed by atoms with Crippen molar-refractivity contribution in [2.24, 2.45) is 0 Å². The molecule has 166 valence electrons. The van der Waals surface area contributed by atoms with Crippen molar-refractivity contribution in [1.29, 1.82) is 0 Å². The van der Waals surface area contributed by atoms with Crippen molar-refractivity contribution >= 4 is 42.3 Å². The first-order valence-corrected chi connectivity index (χ1v) is 10.7. The number of aromatic nitrogens is 4. The topological polar surface area (TPSA) is 110 Å². The van der Waals surface area contributed by atoms with Crippen LogP contribution in [0.2, 0.25) is 5.28 Å². The number of nitro groups is 1. The number of halogens is 1. The first kappa shape index (κ1) is 23.6. The second-order valence-electron chi connectivity index (χ2n) is 7.81. The Balaban J connectivity index is 0.00000272. The maximum Gasteiger partial charge on any atom is 0.383 e. The molecule has 31 heavy (non-hydrogen) atoms. The van der Waals surface area contributed by atoms with Gasteiger partial charge < -0.3 is 15.2 Å². The highest BCUT2D eigenvalue weighted by atomic mass is 35.5. The first-order valence-electron chi connectivity index (χ1n) is 9.43. The minimum Gasteiger partial charge on any atom is -0.387 e. The van der Waals surface area contributed by atoms with Gasteiger partial charge in [-0.15, -0.1) is 11.3 Å². The third-order valence-electron chi connectivity index (χ3n) is 4.94. The number of aliphatic hydroxyl groups is 1. The standard InChI is InChI=1S/C19H21ClN6O3S.H2S/c1-12-9-30-17(21-12)15-4-3-13-7-24(6-5-14(13)22-15)10-19(2,27)11-25-8-16(26(28)29)23-18(25)20;/h3-4,8-9,27H,5-7,10-11H2,1-2H3;1H2/t19-;/m0./s1. The summed E-state index contributed by atoms with van der Waals surface area (Å²) in [6.45, 7) is 5.59. The van der Waals surface area contributed by atoms with Crippen LogP contribution in [0.25, 0.3) is 10.7 Å². The number of rotatable bonds is 6. The Labute approximate surface area is 195 Å². The van der Waals surface area contributed by atoms with Gasteiger partial charge in [-0.05, 0) is 47.0 Å². The van der Waals surface area contributed by atoms with E-state index < -0.39 is 10.5 Å². The number of hydrogen-bond donors (Lipinski definition) is 1. The molecule has 12 heteroatoms. The largest absolute Gasteiger partial charge is 0.387 e. The predicted molar refractivity (Wildman–Crippen MR) is 124 cm³/mol. The van der Waals surface area contributed by atoms with Crippen LogP contribution in [0.1, 0.15) is 23.9 Å². The molecule has 0 unspecified atom stereocenters. The Morgan fingerprint density at radius 2 is 2.10 bits per heavy atom. The molecule has 1 N–H and O–H groups in total. The van der Waals surface area contributed by atoms with Crippen LogP contribution in [0.5, 0.6) is 0 Å². The summed E-state index contributed by atoms with van der Waals surface area (Å²) in [5.41, 5.74) is 2.94. The molecule has 0 aromatic carbocycles. The number of aryl methyl sites for hydroxylation is 1. The molecule has 0 bridgehead atoms. The van der Waals surface area contributed by atoms with Crippen LogP contribution in [0.4, 0.5) is 5.82 Å². The van der Waals surface area contributed by atoms with Crippen LogP contribution in [-0.2, 0) is 19.5 Å². The van der Waals surface area contributed by atoms with Crippen molar-refractivity contribution in [3.05, 3.63) is 56.1 Å². The van der Waals surface area contributed by atoms with E-state index in [-0.39, 0.29) is 31.1 Å².